The molecule has 2 heterocycles. The van der Waals surface area contributed by atoms with Crippen molar-refractivity contribution in [3.8, 4) is 0 Å². The molecule has 106 valence electrons. The van der Waals surface area contributed by atoms with Crippen molar-refractivity contribution in [2.24, 2.45) is 5.92 Å². The molecule has 0 spiro atoms. The quantitative estimate of drug-likeness (QED) is 0.918. The lowest BCUT2D eigenvalue weighted by molar-refractivity contribution is 0.111. The van der Waals surface area contributed by atoms with Crippen molar-refractivity contribution in [1.29, 1.82) is 0 Å². The molecule has 1 saturated carbocycles. The molecule has 2 atom stereocenters. The summed E-state index contributed by atoms with van der Waals surface area (Å²) < 4.78 is 0. The van der Waals surface area contributed by atoms with Crippen LogP contribution in [0.3, 0.4) is 0 Å². The fourth-order valence-corrected chi connectivity index (χ4v) is 4.03. The molecule has 0 bridgehead atoms. The predicted octanol–water partition coefficient (Wildman–Crippen LogP) is 2.72. The molecule has 3 rings (SSSR count). The van der Waals surface area contributed by atoms with Crippen LogP contribution in [0.2, 0.25) is 0 Å². The maximum Gasteiger partial charge on any atom is 0.107 e. The summed E-state index contributed by atoms with van der Waals surface area (Å²) in [5.74, 6) is 0.945. The van der Waals surface area contributed by atoms with Gasteiger partial charge in [0, 0.05) is 30.1 Å². The Hall–Kier alpha value is -0.450. The monoisotopic (exact) mass is 279 g/mol. The Morgan fingerprint density at radius 3 is 2.74 bits per heavy atom. The van der Waals surface area contributed by atoms with E-state index in [0.29, 0.717) is 6.04 Å². The first kappa shape index (κ1) is 13.5. The Kier molecular flexibility index (Phi) is 3.92. The van der Waals surface area contributed by atoms with Crippen LogP contribution in [0.15, 0.2) is 0 Å². The second kappa shape index (κ2) is 5.51. The van der Waals surface area contributed by atoms with E-state index in [1.807, 2.05) is 11.3 Å². The predicted molar refractivity (Wildman–Crippen MR) is 80.6 cm³/mol. The van der Waals surface area contributed by atoms with Crippen molar-refractivity contribution in [2.45, 2.75) is 58.7 Å². The van der Waals surface area contributed by atoms with Gasteiger partial charge in [0.15, 0.2) is 0 Å². The lowest BCUT2D eigenvalue weighted by atomic mass is 10.0. The molecule has 4 heteroatoms. The van der Waals surface area contributed by atoms with E-state index in [2.05, 4.69) is 31.0 Å². The van der Waals surface area contributed by atoms with Gasteiger partial charge in [-0.3, -0.25) is 4.90 Å². The Labute approximate surface area is 120 Å². The van der Waals surface area contributed by atoms with Crippen LogP contribution in [0.1, 0.15) is 41.8 Å². The van der Waals surface area contributed by atoms with Gasteiger partial charge in [-0.25, -0.2) is 4.98 Å². The van der Waals surface area contributed by atoms with Gasteiger partial charge in [-0.1, -0.05) is 6.92 Å². The van der Waals surface area contributed by atoms with Crippen LogP contribution in [-0.4, -0.2) is 35.1 Å². The standard InChI is InChI=1S/C15H25N3S/c1-4-13-7-16-14(12-5-6-12)8-18(13)9-15-17-10(2)11(3)19-15/h12-14,16H,4-9H2,1-3H3. The zero-order valence-corrected chi connectivity index (χ0v) is 13.1. The van der Waals surface area contributed by atoms with Crippen LogP contribution in [0.4, 0.5) is 0 Å². The number of rotatable bonds is 4. The van der Waals surface area contributed by atoms with E-state index in [1.165, 1.54) is 41.4 Å². The highest BCUT2D eigenvalue weighted by molar-refractivity contribution is 7.11. The lowest BCUT2D eigenvalue weighted by Gasteiger charge is -2.40. The van der Waals surface area contributed by atoms with E-state index in [9.17, 15) is 0 Å². The third kappa shape index (κ3) is 3.01. The van der Waals surface area contributed by atoms with Crippen molar-refractivity contribution < 1.29 is 0 Å². The highest BCUT2D eigenvalue weighted by Crippen LogP contribution is 2.35. The molecule has 19 heavy (non-hydrogen) atoms. The molecule has 1 aromatic rings. The van der Waals surface area contributed by atoms with E-state index in [-0.39, 0.29) is 0 Å². The van der Waals surface area contributed by atoms with Crippen LogP contribution in [0.5, 0.6) is 0 Å². The summed E-state index contributed by atoms with van der Waals surface area (Å²) >= 11 is 1.87. The first-order valence-corrected chi connectivity index (χ1v) is 8.39. The summed E-state index contributed by atoms with van der Waals surface area (Å²) in [6.45, 7) is 10.0. The highest BCUT2D eigenvalue weighted by Gasteiger charge is 2.36. The smallest absolute Gasteiger partial charge is 0.107 e. The van der Waals surface area contributed by atoms with Gasteiger partial charge in [0.1, 0.15) is 5.01 Å². The van der Waals surface area contributed by atoms with Gasteiger partial charge in [0.05, 0.1) is 12.2 Å². The van der Waals surface area contributed by atoms with Crippen LogP contribution in [0.25, 0.3) is 0 Å². The van der Waals surface area contributed by atoms with Gasteiger partial charge in [0.2, 0.25) is 0 Å². The van der Waals surface area contributed by atoms with Crippen molar-refractivity contribution in [2.75, 3.05) is 13.1 Å². The summed E-state index contributed by atoms with van der Waals surface area (Å²) in [5.41, 5.74) is 1.21. The fourth-order valence-electron chi connectivity index (χ4n) is 3.07. The van der Waals surface area contributed by atoms with Gasteiger partial charge >= 0.3 is 0 Å². The average Bonchev–Trinajstić information content (AvgIpc) is 3.18. The van der Waals surface area contributed by atoms with Gasteiger partial charge in [-0.15, -0.1) is 11.3 Å². The molecule has 1 saturated heterocycles. The number of aromatic nitrogens is 1. The Bertz CT molecular complexity index is 419. The molecule has 2 aliphatic rings. The Balaban J connectivity index is 1.68. The van der Waals surface area contributed by atoms with E-state index >= 15 is 0 Å². The van der Waals surface area contributed by atoms with Crippen LogP contribution in [-0.2, 0) is 6.54 Å². The van der Waals surface area contributed by atoms with Crippen molar-refractivity contribution in [1.82, 2.24) is 15.2 Å². The maximum atomic E-state index is 4.72. The number of piperazine rings is 1. The first-order valence-electron chi connectivity index (χ1n) is 7.57. The number of hydrogen-bond acceptors (Lipinski definition) is 4. The van der Waals surface area contributed by atoms with E-state index in [0.717, 1.165) is 25.0 Å². The normalized spacial score (nSPS) is 28.8. The van der Waals surface area contributed by atoms with Crippen LogP contribution >= 0.6 is 11.3 Å². The van der Waals surface area contributed by atoms with Crippen LogP contribution in [0, 0.1) is 19.8 Å². The van der Waals surface area contributed by atoms with E-state index in [4.69, 9.17) is 4.98 Å². The van der Waals surface area contributed by atoms with Crippen LogP contribution < -0.4 is 5.32 Å². The summed E-state index contributed by atoms with van der Waals surface area (Å²) in [4.78, 5) is 8.75. The third-order valence-electron chi connectivity index (χ3n) is 4.64. The Morgan fingerprint density at radius 1 is 1.37 bits per heavy atom. The van der Waals surface area contributed by atoms with Gasteiger partial charge in [-0.05, 0) is 39.0 Å². The first-order chi connectivity index (χ1) is 9.17. The summed E-state index contributed by atoms with van der Waals surface area (Å²) in [5, 5.41) is 5.05. The molecule has 3 nitrogen and oxygen atoms in total. The second-order valence-electron chi connectivity index (χ2n) is 6.09. The molecule has 0 aromatic carbocycles. The fraction of sp³-hybridized carbons (Fsp3) is 0.800. The Morgan fingerprint density at radius 2 is 2.16 bits per heavy atom. The molecule has 1 aliphatic carbocycles. The van der Waals surface area contributed by atoms with E-state index in [1.54, 1.807) is 0 Å². The van der Waals surface area contributed by atoms with Gasteiger partial charge in [-0.2, -0.15) is 0 Å². The van der Waals surface area contributed by atoms with Gasteiger partial charge in [0.25, 0.3) is 0 Å². The molecule has 2 unspecified atom stereocenters. The largest absolute Gasteiger partial charge is 0.311 e. The third-order valence-corrected chi connectivity index (χ3v) is 5.69. The number of nitrogens with zero attached hydrogens (tertiary/aromatic N) is 2. The minimum Gasteiger partial charge on any atom is -0.311 e. The second-order valence-corrected chi connectivity index (χ2v) is 7.38. The topological polar surface area (TPSA) is 28.2 Å². The zero-order valence-electron chi connectivity index (χ0n) is 12.3. The summed E-state index contributed by atoms with van der Waals surface area (Å²) in [7, 11) is 0. The van der Waals surface area contributed by atoms with Crippen molar-refractivity contribution in [3.05, 3.63) is 15.6 Å². The zero-order chi connectivity index (χ0) is 13.4. The number of aryl methyl sites for hydroxylation is 2. The number of nitrogens with one attached hydrogen (secondary N) is 1. The maximum absolute atomic E-state index is 4.72. The molecular formula is C15H25N3S. The summed E-state index contributed by atoms with van der Waals surface area (Å²) in [6, 6.07) is 1.41. The molecular weight excluding hydrogens is 254 g/mol. The van der Waals surface area contributed by atoms with E-state index < -0.39 is 0 Å². The molecule has 2 fully saturated rings. The SMILES string of the molecule is CCC1CNC(C2CC2)CN1Cc1nc(C)c(C)s1. The number of thiazole rings is 1. The summed E-state index contributed by atoms with van der Waals surface area (Å²) in [6.07, 6.45) is 4.09. The van der Waals surface area contributed by atoms with Crippen molar-refractivity contribution >= 4 is 11.3 Å². The number of hydrogen-bond donors (Lipinski definition) is 1. The molecule has 0 amide bonds. The molecule has 1 N–H and O–H groups in total. The molecule has 1 aromatic heterocycles. The van der Waals surface area contributed by atoms with Crippen molar-refractivity contribution in [3.63, 3.8) is 0 Å². The minimum absolute atomic E-state index is 0.680. The average molecular weight is 279 g/mol. The highest BCUT2D eigenvalue weighted by atomic mass is 32.1. The molecule has 0 radical (unpaired) electrons. The molecule has 1 aliphatic heterocycles. The lowest BCUT2D eigenvalue weighted by Crippen LogP contribution is -2.56. The van der Waals surface area contributed by atoms with Gasteiger partial charge < -0.3 is 5.32 Å². The minimum atomic E-state index is 0.680.